The molecular formula is C19H20BrCl2FN4O3. The van der Waals surface area contributed by atoms with E-state index in [1.54, 1.807) is 30.6 Å². The highest BCUT2D eigenvalue weighted by atomic mass is 79.9. The minimum Gasteiger partial charge on any atom is -0.444 e. The fraction of sp³-hybridized carbons (Fsp3) is 0.474. The summed E-state index contributed by atoms with van der Waals surface area (Å²) in [5, 5.41) is 20.5. The number of anilines is 1. The number of halogens is 4. The van der Waals surface area contributed by atoms with Crippen molar-refractivity contribution in [1.82, 2.24) is 9.80 Å². The molecule has 2 aliphatic heterocycles. The van der Waals surface area contributed by atoms with Gasteiger partial charge in [-0.15, -0.1) is 0 Å². The highest BCUT2D eigenvalue weighted by molar-refractivity contribution is 9.10. The van der Waals surface area contributed by atoms with E-state index in [9.17, 15) is 19.6 Å². The van der Waals surface area contributed by atoms with Crippen LogP contribution in [-0.4, -0.2) is 58.0 Å². The number of hydrogen-bond donors (Lipinski definition) is 2. The molecule has 30 heavy (non-hydrogen) atoms. The number of carbonyl (C=O) groups is 1. The largest absolute Gasteiger partial charge is 0.444 e. The number of aliphatic hydroxyl groups is 1. The average molecular weight is 522 g/mol. The number of amides is 1. The van der Waals surface area contributed by atoms with E-state index in [0.717, 1.165) is 0 Å². The third kappa shape index (κ3) is 4.33. The molecule has 0 aromatic heterocycles. The fourth-order valence-corrected chi connectivity index (χ4v) is 4.05. The molecule has 1 saturated heterocycles. The molecule has 3 rings (SSSR count). The second-order valence-corrected chi connectivity index (χ2v) is 9.69. The number of benzene rings is 1. The lowest BCUT2D eigenvalue weighted by Crippen LogP contribution is -2.50. The van der Waals surface area contributed by atoms with Gasteiger partial charge in [-0.2, -0.15) is 5.26 Å². The smallest absolute Gasteiger partial charge is 0.410 e. The van der Waals surface area contributed by atoms with Gasteiger partial charge in [-0.1, -0.05) is 23.2 Å². The maximum atomic E-state index is 14.8. The van der Waals surface area contributed by atoms with Gasteiger partial charge in [0.25, 0.3) is 5.18 Å². The average Bonchev–Trinajstić information content (AvgIpc) is 2.64. The van der Waals surface area contributed by atoms with Crippen LogP contribution in [0.2, 0.25) is 5.02 Å². The Labute approximate surface area is 192 Å². The molecule has 1 atom stereocenters. The van der Waals surface area contributed by atoms with Gasteiger partial charge in [-0.3, -0.25) is 0 Å². The minimum absolute atomic E-state index is 0.0115. The van der Waals surface area contributed by atoms with Crippen molar-refractivity contribution in [3.05, 3.63) is 32.5 Å². The number of piperazine rings is 1. The van der Waals surface area contributed by atoms with Gasteiger partial charge in [0.1, 0.15) is 17.2 Å². The topological polar surface area (TPSA) is 88.8 Å². The van der Waals surface area contributed by atoms with Crippen molar-refractivity contribution < 1.29 is 19.0 Å². The van der Waals surface area contributed by atoms with Crippen LogP contribution < -0.4 is 5.32 Å². The van der Waals surface area contributed by atoms with Gasteiger partial charge in [-0.25, -0.2) is 9.18 Å². The maximum absolute atomic E-state index is 14.8. The highest BCUT2D eigenvalue weighted by Crippen LogP contribution is 2.46. The zero-order chi connectivity index (χ0) is 22.4. The number of rotatable bonds is 1. The van der Waals surface area contributed by atoms with Crippen molar-refractivity contribution in [2.24, 2.45) is 0 Å². The van der Waals surface area contributed by atoms with Crippen LogP contribution >= 0.6 is 39.1 Å². The van der Waals surface area contributed by atoms with Crippen molar-refractivity contribution >= 4 is 56.6 Å². The minimum atomic E-state index is -2.30. The third-order valence-electron chi connectivity index (χ3n) is 4.64. The second-order valence-electron chi connectivity index (χ2n) is 7.95. The number of nitriles is 1. The number of fused-ring (bicyclic) bond motifs is 1. The summed E-state index contributed by atoms with van der Waals surface area (Å²) in [5.74, 6) is -0.738. The third-order valence-corrected chi connectivity index (χ3v) is 6.22. The number of hydrogen-bond acceptors (Lipinski definition) is 6. The summed E-state index contributed by atoms with van der Waals surface area (Å²) in [6.45, 7) is 6.63. The normalized spacial score (nSPS) is 21.7. The molecule has 1 aromatic rings. The van der Waals surface area contributed by atoms with Gasteiger partial charge in [0.05, 0.1) is 20.9 Å². The molecule has 0 spiro atoms. The van der Waals surface area contributed by atoms with E-state index < -0.39 is 22.7 Å². The van der Waals surface area contributed by atoms with E-state index in [1.165, 1.54) is 6.07 Å². The first-order chi connectivity index (χ1) is 13.9. The molecule has 0 radical (unpaired) electrons. The van der Waals surface area contributed by atoms with Crippen molar-refractivity contribution in [1.29, 1.82) is 5.26 Å². The zero-order valence-corrected chi connectivity index (χ0v) is 19.6. The summed E-state index contributed by atoms with van der Waals surface area (Å²) in [4.78, 5) is 15.7. The molecule has 2 heterocycles. The van der Waals surface area contributed by atoms with Crippen molar-refractivity contribution in [2.75, 3.05) is 31.5 Å². The van der Waals surface area contributed by atoms with Gasteiger partial charge in [0.15, 0.2) is 5.82 Å². The van der Waals surface area contributed by atoms with E-state index in [0.29, 0.717) is 31.7 Å². The quantitative estimate of drug-likeness (QED) is 0.324. The lowest BCUT2D eigenvalue weighted by atomic mass is 9.97. The first kappa shape index (κ1) is 22.9. The van der Waals surface area contributed by atoms with Gasteiger partial charge in [0.2, 0.25) is 0 Å². The Kier molecular flexibility index (Phi) is 6.18. The monoisotopic (exact) mass is 520 g/mol. The molecule has 0 aliphatic carbocycles. The van der Waals surface area contributed by atoms with E-state index in [1.807, 2.05) is 6.07 Å². The molecule has 11 heteroatoms. The van der Waals surface area contributed by atoms with E-state index >= 15 is 0 Å². The van der Waals surface area contributed by atoms with Crippen molar-refractivity contribution in [2.45, 2.75) is 31.6 Å². The van der Waals surface area contributed by atoms with Crippen LogP contribution in [0.1, 0.15) is 26.3 Å². The van der Waals surface area contributed by atoms with Crippen LogP contribution in [-0.2, 0) is 4.74 Å². The molecule has 2 N–H and O–H groups in total. The van der Waals surface area contributed by atoms with Gasteiger partial charge < -0.3 is 25.0 Å². The lowest BCUT2D eigenvalue weighted by molar-refractivity contribution is 0.0181. The SMILES string of the molecule is CC(C)(C)OC(=O)N1CCN(C2=C(C#N)C(O)(Cl)Nc3c2cc(Cl)c(Br)c3F)CC1. The van der Waals surface area contributed by atoms with Crippen LogP contribution in [0.5, 0.6) is 0 Å². The van der Waals surface area contributed by atoms with Crippen molar-refractivity contribution in [3.63, 3.8) is 0 Å². The summed E-state index contributed by atoms with van der Waals surface area (Å²) in [7, 11) is 0. The molecule has 0 bridgehead atoms. The highest BCUT2D eigenvalue weighted by Gasteiger charge is 2.42. The molecule has 7 nitrogen and oxygen atoms in total. The zero-order valence-electron chi connectivity index (χ0n) is 16.5. The molecule has 162 valence electrons. The van der Waals surface area contributed by atoms with Crippen LogP contribution in [0, 0.1) is 17.1 Å². The number of carbonyl (C=O) groups excluding carboxylic acids is 1. The number of nitrogens with one attached hydrogen (secondary N) is 1. The Morgan fingerprint density at radius 1 is 1.40 bits per heavy atom. The first-order valence-electron chi connectivity index (χ1n) is 9.10. The second kappa shape index (κ2) is 8.08. The van der Waals surface area contributed by atoms with E-state index in [-0.39, 0.29) is 26.5 Å². The first-order valence-corrected chi connectivity index (χ1v) is 10.7. The Hall–Kier alpha value is -1.73. The predicted octanol–water partition coefficient (Wildman–Crippen LogP) is 4.34. The Balaban J connectivity index is 1.96. The standard InChI is InChI=1S/C19H20BrCl2FN4O3/c1-18(2,3)30-17(28)27-6-4-26(5-7-27)16-10-8-12(21)13(20)14(23)15(10)25-19(22,29)11(16)9-24/h8,25,29H,4-7H2,1-3H3. The van der Waals surface area contributed by atoms with Crippen LogP contribution in [0.3, 0.4) is 0 Å². The van der Waals surface area contributed by atoms with Gasteiger partial charge in [-0.05, 0) is 42.8 Å². The van der Waals surface area contributed by atoms with Gasteiger partial charge >= 0.3 is 6.09 Å². The predicted molar refractivity (Wildman–Crippen MR) is 115 cm³/mol. The number of ether oxygens (including phenoxy) is 1. The molecule has 0 saturated carbocycles. The van der Waals surface area contributed by atoms with Crippen LogP contribution in [0.15, 0.2) is 16.1 Å². The summed E-state index contributed by atoms with van der Waals surface area (Å²) in [6, 6.07) is 3.41. The fourth-order valence-electron chi connectivity index (χ4n) is 3.32. The van der Waals surface area contributed by atoms with Gasteiger partial charge in [0, 0.05) is 31.7 Å². The summed E-state index contributed by atoms with van der Waals surface area (Å²) in [6.07, 6.45) is -0.436. The molecule has 1 amide bonds. The molecule has 2 aliphatic rings. The number of nitrogens with zero attached hydrogens (tertiary/aromatic N) is 3. The lowest BCUT2D eigenvalue weighted by Gasteiger charge is -2.41. The molecule has 1 fully saturated rings. The summed E-state index contributed by atoms with van der Waals surface area (Å²) < 4.78 is 20.2. The van der Waals surface area contributed by atoms with E-state index in [4.69, 9.17) is 27.9 Å². The maximum Gasteiger partial charge on any atom is 0.410 e. The summed E-state index contributed by atoms with van der Waals surface area (Å²) in [5.41, 5.74) is -0.308. The van der Waals surface area contributed by atoms with Crippen molar-refractivity contribution in [3.8, 4) is 6.07 Å². The van der Waals surface area contributed by atoms with Crippen LogP contribution in [0.25, 0.3) is 5.70 Å². The Morgan fingerprint density at radius 2 is 2.00 bits per heavy atom. The Morgan fingerprint density at radius 3 is 2.53 bits per heavy atom. The summed E-state index contributed by atoms with van der Waals surface area (Å²) >= 11 is 15.3. The molecule has 1 aromatic carbocycles. The number of alkyl halides is 1. The molecule has 1 unspecified atom stereocenters. The van der Waals surface area contributed by atoms with E-state index in [2.05, 4.69) is 21.2 Å². The Bertz CT molecular complexity index is 964. The molecular weight excluding hydrogens is 502 g/mol. The van der Waals surface area contributed by atoms with Crippen LogP contribution in [0.4, 0.5) is 14.9 Å².